The molecule has 0 spiro atoms. The highest BCUT2D eigenvalue weighted by Crippen LogP contribution is 2.33. The molecule has 2 rings (SSSR count). The van der Waals surface area contributed by atoms with Crippen LogP contribution in [0, 0.1) is 0 Å². The molecule has 4 nitrogen and oxygen atoms in total. The molecule has 3 N–H and O–H groups in total. The fourth-order valence-electron chi connectivity index (χ4n) is 3.27. The van der Waals surface area contributed by atoms with Crippen LogP contribution >= 0.6 is 0 Å². The molecule has 0 aromatic rings. The van der Waals surface area contributed by atoms with Gasteiger partial charge in [-0.15, -0.1) is 0 Å². The van der Waals surface area contributed by atoms with Crippen molar-refractivity contribution in [1.82, 2.24) is 10.2 Å². The minimum Gasteiger partial charge on any atom is -0.335 e. The molecule has 0 saturated heterocycles. The maximum Gasteiger partial charge on any atom is 0.317 e. The summed E-state index contributed by atoms with van der Waals surface area (Å²) in [5.41, 5.74) is 5.81. The first-order valence-electron chi connectivity index (χ1n) is 6.92. The van der Waals surface area contributed by atoms with Crippen LogP contribution in [0.5, 0.6) is 0 Å². The number of nitrogens with two attached hydrogens (primary N) is 1. The number of likely N-dealkylation sites (N-methyl/N-ethyl adjacent to an activating group) is 1. The van der Waals surface area contributed by atoms with E-state index in [4.69, 9.17) is 5.73 Å². The minimum absolute atomic E-state index is 0.0734. The molecule has 0 radical (unpaired) electrons. The van der Waals surface area contributed by atoms with Crippen molar-refractivity contribution in [3.63, 3.8) is 0 Å². The summed E-state index contributed by atoms with van der Waals surface area (Å²) in [6.45, 7) is 0.585. The van der Waals surface area contributed by atoms with Gasteiger partial charge < -0.3 is 16.0 Å². The Balaban J connectivity index is 1.92. The van der Waals surface area contributed by atoms with Crippen LogP contribution in [-0.4, -0.2) is 36.1 Å². The monoisotopic (exact) mass is 239 g/mol. The normalized spacial score (nSPS) is 23.9. The van der Waals surface area contributed by atoms with Crippen molar-refractivity contribution in [1.29, 1.82) is 0 Å². The highest BCUT2D eigenvalue weighted by atomic mass is 16.2. The SMILES string of the molecule is CN(C(=O)NC1CCCC1)C1(CN)CCCC1. The summed E-state index contributed by atoms with van der Waals surface area (Å²) in [5, 5.41) is 3.15. The van der Waals surface area contributed by atoms with Gasteiger partial charge in [-0.25, -0.2) is 4.79 Å². The fraction of sp³-hybridized carbons (Fsp3) is 0.923. The molecule has 0 unspecified atom stereocenters. The Hall–Kier alpha value is -0.770. The van der Waals surface area contributed by atoms with Gasteiger partial charge in [0.15, 0.2) is 0 Å². The number of nitrogens with one attached hydrogen (secondary N) is 1. The topological polar surface area (TPSA) is 58.4 Å². The zero-order valence-corrected chi connectivity index (χ0v) is 10.9. The first kappa shape index (κ1) is 12.7. The van der Waals surface area contributed by atoms with E-state index in [1.54, 1.807) is 0 Å². The third-order valence-electron chi connectivity index (χ3n) is 4.61. The van der Waals surface area contributed by atoms with Crippen LogP contribution in [0.4, 0.5) is 4.79 Å². The molecule has 0 atom stereocenters. The molecule has 2 saturated carbocycles. The Labute approximate surface area is 104 Å². The summed E-state index contributed by atoms with van der Waals surface area (Å²) in [4.78, 5) is 14.1. The number of nitrogens with zero attached hydrogens (tertiary/aromatic N) is 1. The van der Waals surface area contributed by atoms with Crippen molar-refractivity contribution in [2.75, 3.05) is 13.6 Å². The Bertz CT molecular complexity index is 268. The van der Waals surface area contributed by atoms with E-state index in [1.165, 1.54) is 25.7 Å². The lowest BCUT2D eigenvalue weighted by molar-refractivity contribution is 0.138. The average Bonchev–Trinajstić information content (AvgIpc) is 2.99. The van der Waals surface area contributed by atoms with Gasteiger partial charge in [-0.1, -0.05) is 25.7 Å². The van der Waals surface area contributed by atoms with Crippen molar-refractivity contribution in [2.24, 2.45) is 5.73 Å². The third-order valence-corrected chi connectivity index (χ3v) is 4.61. The average molecular weight is 239 g/mol. The molecule has 0 heterocycles. The predicted molar refractivity (Wildman–Crippen MR) is 68.8 cm³/mol. The number of rotatable bonds is 3. The quantitative estimate of drug-likeness (QED) is 0.789. The molecule has 2 aliphatic rings. The van der Waals surface area contributed by atoms with E-state index in [0.717, 1.165) is 25.7 Å². The lowest BCUT2D eigenvalue weighted by atomic mass is 9.96. The van der Waals surface area contributed by atoms with Gasteiger partial charge in [-0.05, 0) is 25.7 Å². The van der Waals surface area contributed by atoms with E-state index >= 15 is 0 Å². The third kappa shape index (κ3) is 2.57. The van der Waals surface area contributed by atoms with Gasteiger partial charge >= 0.3 is 6.03 Å². The minimum atomic E-state index is -0.0807. The summed E-state index contributed by atoms with van der Waals surface area (Å²) in [5.74, 6) is 0. The largest absolute Gasteiger partial charge is 0.335 e. The van der Waals surface area contributed by atoms with E-state index in [2.05, 4.69) is 5.32 Å². The zero-order chi connectivity index (χ0) is 12.3. The summed E-state index contributed by atoms with van der Waals surface area (Å²) in [6, 6.07) is 0.463. The first-order chi connectivity index (χ1) is 8.18. The summed E-state index contributed by atoms with van der Waals surface area (Å²) in [6.07, 6.45) is 9.25. The van der Waals surface area contributed by atoms with Crippen molar-refractivity contribution >= 4 is 6.03 Å². The molecule has 0 aliphatic heterocycles. The van der Waals surface area contributed by atoms with Crippen molar-refractivity contribution in [3.8, 4) is 0 Å². The molecule has 0 aromatic carbocycles. The lowest BCUT2D eigenvalue weighted by Crippen LogP contribution is -2.56. The zero-order valence-electron chi connectivity index (χ0n) is 10.9. The Morgan fingerprint density at radius 3 is 2.41 bits per heavy atom. The second kappa shape index (κ2) is 5.25. The van der Waals surface area contributed by atoms with Gasteiger partial charge in [-0.3, -0.25) is 0 Å². The molecule has 2 amide bonds. The van der Waals surface area contributed by atoms with Crippen LogP contribution in [0.2, 0.25) is 0 Å². The number of hydrogen-bond acceptors (Lipinski definition) is 2. The second-order valence-corrected chi connectivity index (χ2v) is 5.63. The van der Waals surface area contributed by atoms with Crippen LogP contribution in [-0.2, 0) is 0 Å². The van der Waals surface area contributed by atoms with Gasteiger partial charge in [0.25, 0.3) is 0 Å². The van der Waals surface area contributed by atoms with Gasteiger partial charge in [0.1, 0.15) is 0 Å². The maximum absolute atomic E-state index is 12.2. The highest BCUT2D eigenvalue weighted by Gasteiger charge is 2.39. The number of amides is 2. The standard InChI is InChI=1S/C13H25N3O/c1-16(13(10-14)8-4-5-9-13)12(17)15-11-6-2-3-7-11/h11H,2-10,14H2,1H3,(H,15,17). The fourth-order valence-corrected chi connectivity index (χ4v) is 3.27. The first-order valence-corrected chi connectivity index (χ1v) is 6.92. The number of carbonyl (C=O) groups excluding carboxylic acids is 1. The van der Waals surface area contributed by atoms with Crippen LogP contribution < -0.4 is 11.1 Å². The van der Waals surface area contributed by atoms with Crippen molar-refractivity contribution in [3.05, 3.63) is 0 Å². The molecule has 0 bridgehead atoms. The highest BCUT2D eigenvalue weighted by molar-refractivity contribution is 5.75. The summed E-state index contributed by atoms with van der Waals surface area (Å²) >= 11 is 0. The summed E-state index contributed by atoms with van der Waals surface area (Å²) < 4.78 is 0. The van der Waals surface area contributed by atoms with Gasteiger partial charge in [0.05, 0.1) is 5.54 Å². The van der Waals surface area contributed by atoms with Gasteiger partial charge in [0.2, 0.25) is 0 Å². The Morgan fingerprint density at radius 2 is 1.88 bits per heavy atom. The Kier molecular flexibility index (Phi) is 3.92. The van der Waals surface area contributed by atoms with Crippen LogP contribution in [0.3, 0.4) is 0 Å². The van der Waals surface area contributed by atoms with E-state index in [9.17, 15) is 4.79 Å². The lowest BCUT2D eigenvalue weighted by Gasteiger charge is -2.38. The molecule has 0 aromatic heterocycles. The van der Waals surface area contributed by atoms with Crippen LogP contribution in [0.25, 0.3) is 0 Å². The van der Waals surface area contributed by atoms with Crippen molar-refractivity contribution < 1.29 is 4.79 Å². The second-order valence-electron chi connectivity index (χ2n) is 5.63. The molecular weight excluding hydrogens is 214 g/mol. The number of urea groups is 1. The summed E-state index contributed by atoms with van der Waals surface area (Å²) in [7, 11) is 1.91. The smallest absolute Gasteiger partial charge is 0.317 e. The predicted octanol–water partition coefficient (Wildman–Crippen LogP) is 1.84. The molecule has 17 heavy (non-hydrogen) atoms. The van der Waals surface area contributed by atoms with E-state index in [1.807, 2.05) is 11.9 Å². The van der Waals surface area contributed by atoms with Crippen LogP contribution in [0.15, 0.2) is 0 Å². The number of carbonyl (C=O) groups is 1. The molecule has 98 valence electrons. The molecular formula is C13H25N3O. The maximum atomic E-state index is 12.2. The van der Waals surface area contributed by atoms with Gasteiger partial charge in [0, 0.05) is 19.6 Å². The van der Waals surface area contributed by atoms with Crippen molar-refractivity contribution in [2.45, 2.75) is 62.9 Å². The van der Waals surface area contributed by atoms with Crippen LogP contribution in [0.1, 0.15) is 51.4 Å². The van der Waals surface area contributed by atoms with Gasteiger partial charge in [-0.2, -0.15) is 0 Å². The number of hydrogen-bond donors (Lipinski definition) is 2. The molecule has 2 fully saturated rings. The van der Waals surface area contributed by atoms with E-state index in [0.29, 0.717) is 12.6 Å². The molecule has 4 heteroatoms. The van der Waals surface area contributed by atoms with E-state index in [-0.39, 0.29) is 11.6 Å². The molecule has 2 aliphatic carbocycles. The Morgan fingerprint density at radius 1 is 1.29 bits per heavy atom. The van der Waals surface area contributed by atoms with E-state index < -0.39 is 0 Å².